The summed E-state index contributed by atoms with van der Waals surface area (Å²) in [5.74, 6) is 0. The maximum Gasteiger partial charge on any atom is 0.0701 e. The minimum atomic E-state index is 0.665. The van der Waals surface area contributed by atoms with Gasteiger partial charge in [0.05, 0.1) is 33.0 Å². The molecule has 5 nitrogen and oxygen atoms in total. The molecule has 1 aliphatic rings. The van der Waals surface area contributed by atoms with Gasteiger partial charge >= 0.3 is 0 Å². The molecule has 0 spiro atoms. The van der Waals surface area contributed by atoms with Crippen molar-refractivity contribution in [2.24, 2.45) is 0 Å². The highest BCUT2D eigenvalue weighted by atomic mass is 16.5. The number of methoxy groups -OCH3 is 1. The molecule has 0 aromatic heterocycles. The van der Waals surface area contributed by atoms with E-state index >= 15 is 0 Å². The minimum Gasteiger partial charge on any atom is -0.382 e. The predicted molar refractivity (Wildman–Crippen MR) is 93.0 cm³/mol. The number of hydrogen-bond acceptors (Lipinski definition) is 5. The quantitative estimate of drug-likeness (QED) is 0.458. The average Bonchev–Trinajstić information content (AvgIpc) is 2.56. The molecule has 5 heteroatoms. The molecule has 2 unspecified atom stereocenters. The Morgan fingerprint density at radius 1 is 0.913 bits per heavy atom. The Morgan fingerprint density at radius 3 is 2.43 bits per heavy atom. The van der Waals surface area contributed by atoms with Crippen molar-refractivity contribution in [1.82, 2.24) is 4.90 Å². The molecule has 0 aromatic carbocycles. The zero-order chi connectivity index (χ0) is 16.8. The first kappa shape index (κ1) is 20.8. The maximum absolute atomic E-state index is 5.70. The van der Waals surface area contributed by atoms with Crippen LogP contribution in [0.3, 0.4) is 0 Å². The second-order valence-corrected chi connectivity index (χ2v) is 6.23. The lowest BCUT2D eigenvalue weighted by Crippen LogP contribution is -2.46. The Kier molecular flexibility index (Phi) is 12.8. The van der Waals surface area contributed by atoms with Gasteiger partial charge < -0.3 is 18.9 Å². The number of rotatable bonds is 14. The fourth-order valence-corrected chi connectivity index (χ4v) is 3.25. The first-order valence-corrected chi connectivity index (χ1v) is 9.27. The SMILES string of the molecule is CCOCCOCCN1C(C)CCCC1CCCOCCOC. The number of nitrogens with zero attached hydrogens (tertiary/aromatic N) is 1. The summed E-state index contributed by atoms with van der Waals surface area (Å²) in [5, 5.41) is 0. The topological polar surface area (TPSA) is 40.2 Å². The van der Waals surface area contributed by atoms with Crippen LogP contribution in [-0.4, -0.2) is 76.9 Å². The van der Waals surface area contributed by atoms with E-state index in [2.05, 4.69) is 11.8 Å². The highest BCUT2D eigenvalue weighted by molar-refractivity contribution is 4.82. The highest BCUT2D eigenvalue weighted by Crippen LogP contribution is 2.25. The molecular weight excluding hydrogens is 294 g/mol. The number of ether oxygens (including phenoxy) is 4. The third kappa shape index (κ3) is 9.62. The number of piperidine rings is 1. The molecule has 1 aliphatic heterocycles. The molecule has 0 aliphatic carbocycles. The summed E-state index contributed by atoms with van der Waals surface area (Å²) in [6.45, 7) is 10.6. The first-order chi connectivity index (χ1) is 11.3. The normalized spacial score (nSPS) is 22.6. The Balaban J connectivity index is 2.17. The van der Waals surface area contributed by atoms with E-state index in [0.717, 1.165) is 32.8 Å². The second kappa shape index (κ2) is 14.2. The molecule has 1 heterocycles. The van der Waals surface area contributed by atoms with Gasteiger partial charge in [0.25, 0.3) is 0 Å². The Bertz CT molecular complexity index is 265. The van der Waals surface area contributed by atoms with Crippen molar-refractivity contribution in [2.75, 3.05) is 59.9 Å². The van der Waals surface area contributed by atoms with E-state index in [0.29, 0.717) is 38.5 Å². The summed E-state index contributed by atoms with van der Waals surface area (Å²) in [5.41, 5.74) is 0. The zero-order valence-corrected chi connectivity index (χ0v) is 15.4. The zero-order valence-electron chi connectivity index (χ0n) is 15.4. The van der Waals surface area contributed by atoms with Crippen LogP contribution in [0.1, 0.15) is 46.0 Å². The van der Waals surface area contributed by atoms with Gasteiger partial charge in [-0.1, -0.05) is 6.42 Å². The Hall–Kier alpha value is -0.200. The molecule has 1 fully saturated rings. The van der Waals surface area contributed by atoms with Crippen LogP contribution in [0, 0.1) is 0 Å². The lowest BCUT2D eigenvalue weighted by atomic mass is 9.93. The smallest absolute Gasteiger partial charge is 0.0701 e. The summed E-state index contributed by atoms with van der Waals surface area (Å²) in [6.07, 6.45) is 6.30. The van der Waals surface area contributed by atoms with Crippen LogP contribution in [0.15, 0.2) is 0 Å². The molecule has 1 saturated heterocycles. The van der Waals surface area contributed by atoms with Gasteiger partial charge in [0.1, 0.15) is 0 Å². The van der Waals surface area contributed by atoms with Gasteiger partial charge in [-0.25, -0.2) is 0 Å². The Morgan fingerprint density at radius 2 is 1.65 bits per heavy atom. The Labute approximate surface area is 142 Å². The molecule has 0 amide bonds. The molecular formula is C18H37NO4. The summed E-state index contributed by atoms with van der Waals surface area (Å²) >= 11 is 0. The molecule has 1 rings (SSSR count). The van der Waals surface area contributed by atoms with Crippen molar-refractivity contribution in [2.45, 2.75) is 58.0 Å². The van der Waals surface area contributed by atoms with Crippen LogP contribution >= 0.6 is 0 Å². The van der Waals surface area contributed by atoms with Crippen molar-refractivity contribution in [1.29, 1.82) is 0 Å². The molecule has 138 valence electrons. The number of hydrogen-bond donors (Lipinski definition) is 0. The lowest BCUT2D eigenvalue weighted by molar-refractivity contribution is 0.0138. The van der Waals surface area contributed by atoms with E-state index in [1.165, 1.54) is 25.7 Å². The van der Waals surface area contributed by atoms with Gasteiger partial charge in [0, 0.05) is 39.0 Å². The standard InChI is InChI=1S/C18H37NO4/c1-4-21-15-16-23-12-10-19-17(2)7-5-8-18(19)9-6-11-22-14-13-20-3/h17-18H,4-16H2,1-3H3. The van der Waals surface area contributed by atoms with E-state index in [1.807, 2.05) is 6.92 Å². The van der Waals surface area contributed by atoms with Crippen LogP contribution in [0.25, 0.3) is 0 Å². The van der Waals surface area contributed by atoms with E-state index in [9.17, 15) is 0 Å². The minimum absolute atomic E-state index is 0.665. The van der Waals surface area contributed by atoms with Crippen LogP contribution in [-0.2, 0) is 18.9 Å². The highest BCUT2D eigenvalue weighted by Gasteiger charge is 2.26. The largest absolute Gasteiger partial charge is 0.382 e. The first-order valence-electron chi connectivity index (χ1n) is 9.27. The molecule has 0 aromatic rings. The van der Waals surface area contributed by atoms with Gasteiger partial charge in [-0.05, 0) is 39.5 Å². The second-order valence-electron chi connectivity index (χ2n) is 6.23. The number of likely N-dealkylation sites (tertiary alicyclic amines) is 1. The average molecular weight is 331 g/mol. The molecule has 23 heavy (non-hydrogen) atoms. The molecule has 0 bridgehead atoms. The van der Waals surface area contributed by atoms with Gasteiger partial charge in [-0.15, -0.1) is 0 Å². The van der Waals surface area contributed by atoms with E-state index < -0.39 is 0 Å². The van der Waals surface area contributed by atoms with Crippen molar-refractivity contribution in [3.63, 3.8) is 0 Å². The summed E-state index contributed by atoms with van der Waals surface area (Å²) < 4.78 is 21.6. The summed E-state index contributed by atoms with van der Waals surface area (Å²) in [4.78, 5) is 2.64. The predicted octanol–water partition coefficient (Wildman–Crippen LogP) is 2.73. The maximum atomic E-state index is 5.70. The van der Waals surface area contributed by atoms with Gasteiger partial charge in [0.15, 0.2) is 0 Å². The summed E-state index contributed by atoms with van der Waals surface area (Å²) in [7, 11) is 1.71. The van der Waals surface area contributed by atoms with Crippen LogP contribution in [0.5, 0.6) is 0 Å². The van der Waals surface area contributed by atoms with Crippen LogP contribution in [0.4, 0.5) is 0 Å². The van der Waals surface area contributed by atoms with E-state index in [4.69, 9.17) is 18.9 Å². The van der Waals surface area contributed by atoms with Crippen molar-refractivity contribution in [3.05, 3.63) is 0 Å². The fraction of sp³-hybridized carbons (Fsp3) is 1.00. The molecule has 0 N–H and O–H groups in total. The fourth-order valence-electron chi connectivity index (χ4n) is 3.25. The van der Waals surface area contributed by atoms with Gasteiger partial charge in [0.2, 0.25) is 0 Å². The third-order valence-electron chi connectivity index (χ3n) is 4.52. The van der Waals surface area contributed by atoms with Crippen molar-refractivity contribution < 1.29 is 18.9 Å². The van der Waals surface area contributed by atoms with E-state index in [-0.39, 0.29) is 0 Å². The van der Waals surface area contributed by atoms with Crippen LogP contribution < -0.4 is 0 Å². The van der Waals surface area contributed by atoms with Gasteiger partial charge in [-0.3, -0.25) is 4.90 Å². The molecule has 0 radical (unpaired) electrons. The van der Waals surface area contributed by atoms with Crippen molar-refractivity contribution in [3.8, 4) is 0 Å². The van der Waals surface area contributed by atoms with E-state index in [1.54, 1.807) is 7.11 Å². The van der Waals surface area contributed by atoms with Crippen LogP contribution in [0.2, 0.25) is 0 Å². The third-order valence-corrected chi connectivity index (χ3v) is 4.52. The van der Waals surface area contributed by atoms with Crippen molar-refractivity contribution >= 4 is 0 Å². The lowest BCUT2D eigenvalue weighted by Gasteiger charge is -2.41. The summed E-state index contributed by atoms with van der Waals surface area (Å²) in [6, 6.07) is 1.35. The monoisotopic (exact) mass is 331 g/mol. The van der Waals surface area contributed by atoms with Gasteiger partial charge in [-0.2, -0.15) is 0 Å². The molecule has 2 atom stereocenters. The molecule has 0 saturated carbocycles.